The van der Waals surface area contributed by atoms with Crippen molar-refractivity contribution >= 4 is 0 Å². The van der Waals surface area contributed by atoms with Gasteiger partial charge in [-0.1, -0.05) is 58.3 Å². The van der Waals surface area contributed by atoms with Crippen molar-refractivity contribution < 1.29 is 0 Å². The summed E-state index contributed by atoms with van der Waals surface area (Å²) < 4.78 is 0. The number of nitriles is 1. The van der Waals surface area contributed by atoms with E-state index in [4.69, 9.17) is 5.26 Å². The van der Waals surface area contributed by atoms with Gasteiger partial charge in [-0.2, -0.15) is 5.26 Å². The summed E-state index contributed by atoms with van der Waals surface area (Å²) in [5.74, 6) is 2.29. The Morgan fingerprint density at radius 3 is 2.10 bits per heavy atom. The van der Waals surface area contributed by atoms with E-state index in [-0.39, 0.29) is 0 Å². The minimum absolute atomic E-state index is 0.621. The van der Waals surface area contributed by atoms with Gasteiger partial charge in [0.25, 0.3) is 0 Å². The van der Waals surface area contributed by atoms with Crippen molar-refractivity contribution in [3.63, 3.8) is 0 Å². The predicted molar refractivity (Wildman–Crippen MR) is 119 cm³/mol. The molecule has 0 amide bonds. The fraction of sp³-hybridized carbons (Fsp3) is 0.577. The third-order valence-electron chi connectivity index (χ3n) is 6.48. The van der Waals surface area contributed by atoms with Crippen LogP contribution in [0.5, 0.6) is 0 Å². The predicted octanol–water partition coefficient (Wildman–Crippen LogP) is 7.43. The molecule has 0 aliphatic heterocycles. The summed E-state index contributed by atoms with van der Waals surface area (Å²) in [5.41, 5.74) is 2.92. The molecule has 0 spiro atoms. The quantitative estimate of drug-likeness (QED) is 0.397. The summed E-state index contributed by atoms with van der Waals surface area (Å²) in [6, 6.07) is 9.62. The Balaban J connectivity index is 1.40. The van der Waals surface area contributed by atoms with Crippen molar-refractivity contribution in [3.05, 3.63) is 47.8 Å². The lowest BCUT2D eigenvalue weighted by atomic mass is 9.77. The first kappa shape index (κ1) is 21.5. The van der Waals surface area contributed by atoms with Crippen LogP contribution in [0, 0.1) is 17.2 Å². The monoisotopic (exact) mass is 389 g/mol. The second-order valence-corrected chi connectivity index (χ2v) is 8.66. The molecule has 3 rings (SSSR count). The van der Waals surface area contributed by atoms with E-state index in [0.717, 1.165) is 17.3 Å². The molecule has 2 aromatic rings. The van der Waals surface area contributed by atoms with Crippen molar-refractivity contribution in [3.8, 4) is 17.5 Å². The van der Waals surface area contributed by atoms with Crippen molar-refractivity contribution in [2.45, 2.75) is 89.9 Å². The van der Waals surface area contributed by atoms with Gasteiger partial charge in [0.15, 0.2) is 5.82 Å². The van der Waals surface area contributed by atoms with Gasteiger partial charge in [0.2, 0.25) is 0 Å². The number of hydrogen-bond donors (Lipinski definition) is 0. The molecule has 0 bridgehead atoms. The van der Waals surface area contributed by atoms with E-state index in [9.17, 15) is 0 Å². The van der Waals surface area contributed by atoms with E-state index >= 15 is 0 Å². The molecule has 29 heavy (non-hydrogen) atoms. The number of unbranched alkanes of at least 4 members (excludes halogenated alkanes) is 6. The van der Waals surface area contributed by atoms with Crippen molar-refractivity contribution in [2.75, 3.05) is 0 Å². The first-order valence-corrected chi connectivity index (χ1v) is 11.6. The molecule has 1 aliphatic rings. The summed E-state index contributed by atoms with van der Waals surface area (Å²) in [6.45, 7) is 2.28. The van der Waals surface area contributed by atoms with Crippen LogP contribution in [-0.2, 0) is 0 Å². The Hall–Kier alpha value is -2.21. The number of rotatable bonds is 10. The first-order chi connectivity index (χ1) is 14.3. The van der Waals surface area contributed by atoms with E-state index in [2.05, 4.69) is 23.0 Å². The second kappa shape index (κ2) is 11.7. The number of hydrogen-bond acceptors (Lipinski definition) is 3. The Kier molecular flexibility index (Phi) is 8.68. The molecule has 154 valence electrons. The van der Waals surface area contributed by atoms with Crippen LogP contribution in [0.25, 0.3) is 11.4 Å². The molecule has 0 N–H and O–H groups in total. The van der Waals surface area contributed by atoms with E-state index in [1.54, 1.807) is 0 Å². The van der Waals surface area contributed by atoms with Gasteiger partial charge in [0.05, 0.1) is 11.6 Å². The third-order valence-corrected chi connectivity index (χ3v) is 6.48. The molecule has 1 heterocycles. The standard InChI is InChI=1S/C26H35N3/c1-2-3-4-5-6-7-8-9-21-10-14-23(15-11-21)25-19-28-26(29-20-25)24-16-12-22(18-27)13-17-24/h12-13,16-17,19-21,23H,2-11,14-15H2,1H3. The van der Waals surface area contributed by atoms with Gasteiger partial charge in [0.1, 0.15) is 0 Å². The summed E-state index contributed by atoms with van der Waals surface area (Å²) in [4.78, 5) is 9.19. The Labute approximate surface area is 176 Å². The second-order valence-electron chi connectivity index (χ2n) is 8.66. The maximum Gasteiger partial charge on any atom is 0.159 e. The highest BCUT2D eigenvalue weighted by atomic mass is 14.9. The van der Waals surface area contributed by atoms with Crippen LogP contribution in [-0.4, -0.2) is 9.97 Å². The maximum atomic E-state index is 8.92. The number of aromatic nitrogens is 2. The molecule has 1 aliphatic carbocycles. The van der Waals surface area contributed by atoms with Crippen molar-refractivity contribution in [1.82, 2.24) is 9.97 Å². The lowest BCUT2D eigenvalue weighted by Gasteiger charge is -2.28. The molecule has 0 saturated heterocycles. The molecule has 3 heteroatoms. The fourth-order valence-electron chi connectivity index (χ4n) is 4.57. The average molecular weight is 390 g/mol. The van der Waals surface area contributed by atoms with Crippen LogP contribution in [0.2, 0.25) is 0 Å². The smallest absolute Gasteiger partial charge is 0.159 e. The van der Waals surface area contributed by atoms with Crippen molar-refractivity contribution in [1.29, 1.82) is 5.26 Å². The Morgan fingerprint density at radius 2 is 1.48 bits per heavy atom. The summed E-state index contributed by atoms with van der Waals surface area (Å²) >= 11 is 0. The Bertz CT molecular complexity index is 750. The fourth-order valence-corrected chi connectivity index (χ4v) is 4.57. The Morgan fingerprint density at radius 1 is 0.862 bits per heavy atom. The molecule has 3 nitrogen and oxygen atoms in total. The van der Waals surface area contributed by atoms with E-state index in [0.29, 0.717) is 11.5 Å². The maximum absolute atomic E-state index is 8.92. The molecule has 1 saturated carbocycles. The van der Waals surface area contributed by atoms with Gasteiger partial charge < -0.3 is 0 Å². The van der Waals surface area contributed by atoms with E-state index in [1.165, 1.54) is 82.6 Å². The first-order valence-electron chi connectivity index (χ1n) is 11.6. The van der Waals surface area contributed by atoms with Crippen LogP contribution in [0.4, 0.5) is 0 Å². The zero-order valence-corrected chi connectivity index (χ0v) is 17.9. The third kappa shape index (κ3) is 6.67. The molecule has 1 aromatic heterocycles. The van der Waals surface area contributed by atoms with Crippen LogP contribution < -0.4 is 0 Å². The van der Waals surface area contributed by atoms with Crippen LogP contribution in [0.3, 0.4) is 0 Å². The summed E-state index contributed by atoms with van der Waals surface area (Å²) in [6.07, 6.45) is 20.6. The highest BCUT2D eigenvalue weighted by Crippen LogP contribution is 2.37. The minimum atomic E-state index is 0.621. The van der Waals surface area contributed by atoms with Crippen LogP contribution in [0.1, 0.15) is 101 Å². The number of benzene rings is 1. The van der Waals surface area contributed by atoms with Gasteiger partial charge >= 0.3 is 0 Å². The van der Waals surface area contributed by atoms with Crippen LogP contribution >= 0.6 is 0 Å². The molecular formula is C26H35N3. The van der Waals surface area contributed by atoms with Gasteiger partial charge in [0, 0.05) is 18.0 Å². The number of nitrogens with zero attached hydrogens (tertiary/aromatic N) is 3. The molecule has 0 atom stereocenters. The highest BCUT2D eigenvalue weighted by molar-refractivity contribution is 5.56. The normalized spacial score (nSPS) is 19.0. The summed E-state index contributed by atoms with van der Waals surface area (Å²) in [5, 5.41) is 8.92. The van der Waals surface area contributed by atoms with Gasteiger partial charge in [-0.15, -0.1) is 0 Å². The van der Waals surface area contributed by atoms with E-state index in [1.807, 2.05) is 36.7 Å². The van der Waals surface area contributed by atoms with Gasteiger partial charge in [-0.05, 0) is 67.3 Å². The molecule has 1 fully saturated rings. The highest BCUT2D eigenvalue weighted by Gasteiger charge is 2.22. The lowest BCUT2D eigenvalue weighted by molar-refractivity contribution is 0.301. The lowest BCUT2D eigenvalue weighted by Crippen LogP contribution is -2.14. The molecule has 1 aromatic carbocycles. The largest absolute Gasteiger partial charge is 0.236 e. The van der Waals surface area contributed by atoms with Gasteiger partial charge in [-0.25, -0.2) is 9.97 Å². The molecular weight excluding hydrogens is 354 g/mol. The van der Waals surface area contributed by atoms with Gasteiger partial charge in [-0.3, -0.25) is 0 Å². The minimum Gasteiger partial charge on any atom is -0.236 e. The van der Waals surface area contributed by atoms with Crippen molar-refractivity contribution in [2.24, 2.45) is 5.92 Å². The van der Waals surface area contributed by atoms with E-state index < -0.39 is 0 Å². The van der Waals surface area contributed by atoms with Crippen LogP contribution in [0.15, 0.2) is 36.7 Å². The molecule has 0 radical (unpaired) electrons. The summed E-state index contributed by atoms with van der Waals surface area (Å²) in [7, 11) is 0. The zero-order valence-electron chi connectivity index (χ0n) is 17.9. The average Bonchev–Trinajstić information content (AvgIpc) is 2.79. The zero-order chi connectivity index (χ0) is 20.3. The molecule has 0 unspecified atom stereocenters. The SMILES string of the molecule is CCCCCCCCCC1CCC(c2cnc(-c3ccc(C#N)cc3)nc2)CC1. The topological polar surface area (TPSA) is 49.6 Å².